The number of rotatable bonds is 8. The Balaban J connectivity index is 2.27. The Morgan fingerprint density at radius 2 is 1.63 bits per heavy atom. The molecular formula is C19H24ClN3O4. The van der Waals surface area contributed by atoms with E-state index in [-0.39, 0.29) is 6.54 Å². The van der Waals surface area contributed by atoms with Crippen molar-refractivity contribution in [2.75, 3.05) is 18.2 Å². The van der Waals surface area contributed by atoms with Gasteiger partial charge in [0.05, 0.1) is 24.5 Å². The molecule has 0 aliphatic carbocycles. The van der Waals surface area contributed by atoms with Crippen LogP contribution in [0.2, 0.25) is 5.02 Å². The zero-order valence-corrected chi connectivity index (χ0v) is 16.0. The van der Waals surface area contributed by atoms with Crippen LogP contribution in [0.5, 0.6) is 0 Å². The van der Waals surface area contributed by atoms with E-state index in [0.717, 1.165) is 11.1 Å². The van der Waals surface area contributed by atoms with Crippen LogP contribution in [0.3, 0.4) is 0 Å². The monoisotopic (exact) mass is 393 g/mol. The van der Waals surface area contributed by atoms with Crippen LogP contribution in [-0.2, 0) is 0 Å². The van der Waals surface area contributed by atoms with Crippen LogP contribution >= 0.6 is 11.6 Å². The average Bonchev–Trinajstić information content (AvgIpc) is 2.67. The molecule has 2 aromatic rings. The molecule has 0 aliphatic rings. The minimum atomic E-state index is -1.52. The van der Waals surface area contributed by atoms with Crippen LogP contribution < -0.4 is 5.01 Å². The van der Waals surface area contributed by atoms with E-state index >= 15 is 0 Å². The van der Waals surface area contributed by atoms with E-state index in [2.05, 4.69) is 10.3 Å². The maximum atomic E-state index is 10.2. The normalized spacial score (nSPS) is 14.9. The maximum absolute atomic E-state index is 10.2. The van der Waals surface area contributed by atoms with Crippen molar-refractivity contribution in [1.82, 2.24) is 0 Å². The molecule has 4 N–H and O–H groups in total. The molecule has 0 saturated carbocycles. The third-order valence-electron chi connectivity index (χ3n) is 4.22. The molecule has 0 heterocycles. The fourth-order valence-electron chi connectivity index (χ4n) is 2.34. The zero-order chi connectivity index (χ0) is 20.0. The topological polar surface area (TPSA) is 109 Å². The molecule has 146 valence electrons. The summed E-state index contributed by atoms with van der Waals surface area (Å²) in [4.78, 5) is 0. The largest absolute Gasteiger partial charge is 0.394 e. The first kappa shape index (κ1) is 21.3. The number of nitrogens with zero attached hydrogens (tertiary/aromatic N) is 3. The SMILES string of the molecule is Cc1ccc(N(C[C@@H](O)[C@@H](O)[C@@H](O)CO)N=Nc2ccc(Cl)cc2)cc1C. The van der Waals surface area contributed by atoms with Gasteiger partial charge in [-0.1, -0.05) is 22.9 Å². The van der Waals surface area contributed by atoms with Crippen molar-refractivity contribution in [2.24, 2.45) is 10.3 Å². The number of aliphatic hydroxyl groups is 4. The van der Waals surface area contributed by atoms with Gasteiger partial charge in [0.25, 0.3) is 0 Å². The van der Waals surface area contributed by atoms with Crippen molar-refractivity contribution in [1.29, 1.82) is 0 Å². The van der Waals surface area contributed by atoms with E-state index in [4.69, 9.17) is 16.7 Å². The molecule has 0 fully saturated rings. The quantitative estimate of drug-likeness (QED) is 0.407. The molecule has 0 amide bonds. The second-order valence-corrected chi connectivity index (χ2v) is 6.76. The number of aryl methyl sites for hydroxylation is 2. The number of aliphatic hydroxyl groups excluding tert-OH is 4. The first-order valence-corrected chi connectivity index (χ1v) is 8.86. The Morgan fingerprint density at radius 3 is 2.22 bits per heavy atom. The van der Waals surface area contributed by atoms with Gasteiger partial charge in [-0.2, -0.15) is 0 Å². The molecule has 0 radical (unpaired) electrons. The highest BCUT2D eigenvalue weighted by Crippen LogP contribution is 2.23. The summed E-state index contributed by atoms with van der Waals surface area (Å²) in [6.07, 6.45) is -4.32. The van der Waals surface area contributed by atoms with Gasteiger partial charge in [-0.3, -0.25) is 0 Å². The van der Waals surface area contributed by atoms with Crippen LogP contribution in [0.15, 0.2) is 52.8 Å². The lowest BCUT2D eigenvalue weighted by molar-refractivity contribution is -0.0732. The molecule has 2 rings (SSSR count). The molecule has 0 aliphatic heterocycles. The predicted octanol–water partition coefficient (Wildman–Crippen LogP) is 2.54. The Morgan fingerprint density at radius 1 is 0.963 bits per heavy atom. The van der Waals surface area contributed by atoms with Crippen LogP contribution in [0, 0.1) is 13.8 Å². The fraction of sp³-hybridized carbons (Fsp3) is 0.368. The van der Waals surface area contributed by atoms with Crippen molar-refractivity contribution in [2.45, 2.75) is 32.2 Å². The summed E-state index contributed by atoms with van der Waals surface area (Å²) in [7, 11) is 0. The highest BCUT2D eigenvalue weighted by molar-refractivity contribution is 6.30. The van der Waals surface area contributed by atoms with Gasteiger partial charge < -0.3 is 20.4 Å². The van der Waals surface area contributed by atoms with Crippen molar-refractivity contribution < 1.29 is 20.4 Å². The van der Waals surface area contributed by atoms with E-state index < -0.39 is 24.9 Å². The van der Waals surface area contributed by atoms with E-state index in [1.807, 2.05) is 32.0 Å². The summed E-state index contributed by atoms with van der Waals surface area (Å²) in [5.41, 5.74) is 3.37. The third-order valence-corrected chi connectivity index (χ3v) is 4.47. The van der Waals surface area contributed by atoms with E-state index in [0.29, 0.717) is 16.4 Å². The first-order valence-electron chi connectivity index (χ1n) is 8.49. The molecule has 3 atom stereocenters. The number of benzene rings is 2. The smallest absolute Gasteiger partial charge is 0.110 e. The van der Waals surface area contributed by atoms with Crippen molar-refractivity contribution in [3.63, 3.8) is 0 Å². The Bertz CT molecular complexity index is 770. The van der Waals surface area contributed by atoms with Gasteiger partial charge in [0.15, 0.2) is 0 Å². The number of anilines is 1. The molecule has 0 bridgehead atoms. The summed E-state index contributed by atoms with van der Waals surface area (Å²) in [5, 5.41) is 49.0. The Kier molecular flexibility index (Phi) is 7.70. The van der Waals surface area contributed by atoms with Gasteiger partial charge in [-0.15, -0.1) is 5.11 Å². The molecule has 0 spiro atoms. The van der Waals surface area contributed by atoms with Crippen LogP contribution in [-0.4, -0.2) is 51.9 Å². The van der Waals surface area contributed by atoms with Gasteiger partial charge in [-0.25, -0.2) is 5.01 Å². The number of halogens is 1. The minimum absolute atomic E-state index is 0.127. The standard InChI is InChI=1S/C19H24ClN3O4/c1-12-3-8-16(9-13(12)2)23(10-17(25)19(27)18(26)11-24)22-21-15-6-4-14(20)5-7-15/h3-9,17-19,24-27H,10-11H2,1-2H3/t17-,18+,19-/m1/s1. The summed E-state index contributed by atoms with van der Waals surface area (Å²) in [5.74, 6) is 0. The molecular weight excluding hydrogens is 370 g/mol. The predicted molar refractivity (Wildman–Crippen MR) is 104 cm³/mol. The molecule has 0 saturated heterocycles. The fourth-order valence-corrected chi connectivity index (χ4v) is 2.47. The second kappa shape index (κ2) is 9.77. The molecule has 0 aromatic heterocycles. The van der Waals surface area contributed by atoms with Crippen LogP contribution in [0.1, 0.15) is 11.1 Å². The molecule has 0 unspecified atom stereocenters. The molecule has 8 heteroatoms. The van der Waals surface area contributed by atoms with Crippen molar-refractivity contribution in [3.8, 4) is 0 Å². The molecule has 7 nitrogen and oxygen atoms in total. The average molecular weight is 394 g/mol. The van der Waals surface area contributed by atoms with Crippen LogP contribution in [0.25, 0.3) is 0 Å². The highest BCUT2D eigenvalue weighted by Gasteiger charge is 2.26. The van der Waals surface area contributed by atoms with E-state index in [1.165, 1.54) is 5.01 Å². The van der Waals surface area contributed by atoms with Gasteiger partial charge in [-0.05, 0) is 61.4 Å². The lowest BCUT2D eigenvalue weighted by Gasteiger charge is -2.26. The van der Waals surface area contributed by atoms with Crippen LogP contribution in [0.4, 0.5) is 11.4 Å². The van der Waals surface area contributed by atoms with Crippen molar-refractivity contribution >= 4 is 23.0 Å². The maximum Gasteiger partial charge on any atom is 0.110 e. The lowest BCUT2D eigenvalue weighted by Crippen LogP contribution is -2.44. The van der Waals surface area contributed by atoms with E-state index in [9.17, 15) is 15.3 Å². The highest BCUT2D eigenvalue weighted by atomic mass is 35.5. The van der Waals surface area contributed by atoms with Gasteiger partial charge in [0.1, 0.15) is 18.3 Å². The van der Waals surface area contributed by atoms with Gasteiger partial charge in [0, 0.05) is 5.02 Å². The first-order chi connectivity index (χ1) is 12.8. The summed E-state index contributed by atoms with van der Waals surface area (Å²) in [6, 6.07) is 12.4. The number of hydrogen-bond acceptors (Lipinski definition) is 6. The second-order valence-electron chi connectivity index (χ2n) is 6.32. The summed E-state index contributed by atoms with van der Waals surface area (Å²) < 4.78 is 0. The van der Waals surface area contributed by atoms with Crippen molar-refractivity contribution in [3.05, 3.63) is 58.6 Å². The Labute approximate surface area is 163 Å². The lowest BCUT2D eigenvalue weighted by atomic mass is 10.1. The summed E-state index contributed by atoms with van der Waals surface area (Å²) in [6.45, 7) is 3.15. The zero-order valence-electron chi connectivity index (χ0n) is 15.2. The third kappa shape index (κ3) is 5.98. The summed E-state index contributed by atoms with van der Waals surface area (Å²) >= 11 is 5.86. The molecule has 27 heavy (non-hydrogen) atoms. The number of hydrogen-bond donors (Lipinski definition) is 4. The Hall–Kier alpha value is -2.03. The molecule has 2 aromatic carbocycles. The minimum Gasteiger partial charge on any atom is -0.394 e. The van der Waals surface area contributed by atoms with Gasteiger partial charge in [0.2, 0.25) is 0 Å². The van der Waals surface area contributed by atoms with Gasteiger partial charge >= 0.3 is 0 Å². The van der Waals surface area contributed by atoms with E-state index in [1.54, 1.807) is 24.3 Å².